The summed E-state index contributed by atoms with van der Waals surface area (Å²) in [6.45, 7) is 5.96. The van der Waals surface area contributed by atoms with E-state index in [2.05, 4.69) is 15.2 Å². The number of sulfonamides is 1. The van der Waals surface area contributed by atoms with Crippen LogP contribution in [-0.2, 0) is 15.4 Å². The molecule has 0 aliphatic carbocycles. The predicted molar refractivity (Wildman–Crippen MR) is 114 cm³/mol. The molecule has 3 aromatic rings. The molecule has 9 heteroatoms. The van der Waals surface area contributed by atoms with Crippen LogP contribution in [0.15, 0.2) is 75.0 Å². The quantitative estimate of drug-likeness (QED) is 0.545. The molecule has 0 atom stereocenters. The minimum atomic E-state index is -3.65. The second-order valence-corrected chi connectivity index (χ2v) is 10.0. The standard InChI is InChI=1S/C20H21N3O4S2/c1-20(2,3)17-13-18(22-27-17)21-19(24)28-15-11-9-14(10-12-15)23-29(25,26)16-7-5-4-6-8-16/h4-13,23H,1-3H3,(H,21,22,24). The zero-order valence-electron chi connectivity index (χ0n) is 16.2. The Balaban J connectivity index is 1.60. The van der Waals surface area contributed by atoms with Crippen LogP contribution >= 0.6 is 11.8 Å². The van der Waals surface area contributed by atoms with E-state index in [0.717, 1.165) is 11.8 Å². The van der Waals surface area contributed by atoms with Crippen molar-refractivity contribution < 1.29 is 17.7 Å². The van der Waals surface area contributed by atoms with Gasteiger partial charge in [-0.15, -0.1) is 0 Å². The van der Waals surface area contributed by atoms with E-state index < -0.39 is 10.0 Å². The van der Waals surface area contributed by atoms with Gasteiger partial charge in [0.2, 0.25) is 0 Å². The maximum atomic E-state index is 12.3. The number of nitrogens with zero attached hydrogens (tertiary/aromatic N) is 1. The number of carbonyl (C=O) groups is 1. The van der Waals surface area contributed by atoms with E-state index in [0.29, 0.717) is 22.2 Å². The van der Waals surface area contributed by atoms with Crippen molar-refractivity contribution in [3.05, 3.63) is 66.4 Å². The molecule has 0 fully saturated rings. The third kappa shape index (κ3) is 5.61. The number of amides is 1. The van der Waals surface area contributed by atoms with Crippen LogP contribution in [0.5, 0.6) is 0 Å². The monoisotopic (exact) mass is 431 g/mol. The van der Waals surface area contributed by atoms with Crippen molar-refractivity contribution in [3.8, 4) is 0 Å². The zero-order chi connectivity index (χ0) is 21.1. The van der Waals surface area contributed by atoms with Gasteiger partial charge in [0.05, 0.1) is 4.90 Å². The van der Waals surface area contributed by atoms with Gasteiger partial charge in [-0.3, -0.25) is 14.8 Å². The summed E-state index contributed by atoms with van der Waals surface area (Å²) in [6, 6.07) is 16.3. The molecule has 0 saturated heterocycles. The number of thioether (sulfide) groups is 1. The second kappa shape index (κ2) is 8.30. The van der Waals surface area contributed by atoms with Crippen LogP contribution in [0.4, 0.5) is 16.3 Å². The van der Waals surface area contributed by atoms with Crippen LogP contribution in [0.2, 0.25) is 0 Å². The Labute approximate surface area is 173 Å². The Bertz CT molecular complexity index is 1090. The highest BCUT2D eigenvalue weighted by molar-refractivity contribution is 8.13. The highest BCUT2D eigenvalue weighted by Gasteiger charge is 2.20. The van der Waals surface area contributed by atoms with Crippen molar-refractivity contribution in [3.63, 3.8) is 0 Å². The molecule has 1 amide bonds. The van der Waals surface area contributed by atoms with Gasteiger partial charge in [-0.2, -0.15) is 0 Å². The smallest absolute Gasteiger partial charge is 0.289 e. The summed E-state index contributed by atoms with van der Waals surface area (Å²) in [6.07, 6.45) is 0. The van der Waals surface area contributed by atoms with Gasteiger partial charge in [0.15, 0.2) is 5.82 Å². The Kier molecular flexibility index (Phi) is 5.99. The molecule has 7 nitrogen and oxygen atoms in total. The van der Waals surface area contributed by atoms with E-state index in [9.17, 15) is 13.2 Å². The molecule has 2 aromatic carbocycles. The molecule has 3 rings (SSSR count). The van der Waals surface area contributed by atoms with Crippen molar-refractivity contribution >= 4 is 38.5 Å². The number of hydrogen-bond acceptors (Lipinski definition) is 6. The normalized spacial score (nSPS) is 11.8. The second-order valence-electron chi connectivity index (χ2n) is 7.28. The number of nitrogens with one attached hydrogen (secondary N) is 2. The molecule has 0 aliphatic rings. The van der Waals surface area contributed by atoms with Crippen LogP contribution in [0.3, 0.4) is 0 Å². The number of aromatic nitrogens is 1. The molecule has 0 unspecified atom stereocenters. The van der Waals surface area contributed by atoms with Crippen LogP contribution in [0, 0.1) is 0 Å². The highest BCUT2D eigenvalue weighted by atomic mass is 32.2. The first-order chi connectivity index (χ1) is 13.6. The third-order valence-corrected chi connectivity index (χ3v) is 6.04. The van der Waals surface area contributed by atoms with Crippen LogP contribution in [0.1, 0.15) is 26.5 Å². The number of hydrogen-bond donors (Lipinski definition) is 2. The van der Waals surface area contributed by atoms with Crippen molar-refractivity contribution in [1.82, 2.24) is 5.16 Å². The average molecular weight is 432 g/mol. The molecule has 0 aliphatic heterocycles. The number of rotatable bonds is 5. The van der Waals surface area contributed by atoms with Crippen molar-refractivity contribution in [2.75, 3.05) is 10.0 Å². The summed E-state index contributed by atoms with van der Waals surface area (Å²) >= 11 is 0.969. The van der Waals surface area contributed by atoms with Gasteiger partial charge >= 0.3 is 0 Å². The Morgan fingerprint density at radius 3 is 2.28 bits per heavy atom. The van der Waals surface area contributed by atoms with Crippen molar-refractivity contribution in [2.24, 2.45) is 0 Å². The predicted octanol–water partition coefficient (Wildman–Crippen LogP) is 5.10. The van der Waals surface area contributed by atoms with Crippen LogP contribution in [0.25, 0.3) is 0 Å². The van der Waals surface area contributed by atoms with Gasteiger partial charge in [0, 0.05) is 22.1 Å². The van der Waals surface area contributed by atoms with Crippen LogP contribution < -0.4 is 10.0 Å². The summed E-state index contributed by atoms with van der Waals surface area (Å²) in [7, 11) is -3.65. The minimum absolute atomic E-state index is 0.181. The lowest BCUT2D eigenvalue weighted by atomic mass is 9.93. The summed E-state index contributed by atoms with van der Waals surface area (Å²) in [5.74, 6) is 1.02. The summed E-state index contributed by atoms with van der Waals surface area (Å²) in [4.78, 5) is 13.0. The van der Waals surface area contributed by atoms with Crippen LogP contribution in [-0.4, -0.2) is 18.8 Å². The summed E-state index contributed by atoms with van der Waals surface area (Å²) < 4.78 is 32.4. The molecule has 0 bridgehead atoms. The Morgan fingerprint density at radius 2 is 1.69 bits per heavy atom. The summed E-state index contributed by atoms with van der Waals surface area (Å²) in [5, 5.41) is 6.19. The van der Waals surface area contributed by atoms with Gasteiger partial charge in [-0.05, 0) is 48.2 Å². The fourth-order valence-corrected chi connectivity index (χ4v) is 4.05. The lowest BCUT2D eigenvalue weighted by molar-refractivity contribution is 0.269. The van der Waals surface area contributed by atoms with Crippen molar-refractivity contribution in [1.29, 1.82) is 0 Å². The molecule has 152 valence electrons. The fourth-order valence-electron chi connectivity index (χ4n) is 2.33. The van der Waals surface area contributed by atoms with Gasteiger partial charge in [0.25, 0.3) is 15.3 Å². The SMILES string of the molecule is CC(C)(C)c1cc(NC(=O)Sc2ccc(NS(=O)(=O)c3ccccc3)cc2)no1. The Hall–Kier alpha value is -2.78. The molecule has 1 heterocycles. The van der Waals surface area contributed by atoms with Gasteiger partial charge in [0.1, 0.15) is 5.76 Å². The highest BCUT2D eigenvalue weighted by Crippen LogP contribution is 2.27. The first-order valence-corrected chi connectivity index (χ1v) is 11.1. The van der Waals surface area contributed by atoms with E-state index in [-0.39, 0.29) is 15.5 Å². The number of anilines is 2. The van der Waals surface area contributed by atoms with E-state index in [1.165, 1.54) is 12.1 Å². The number of benzene rings is 2. The minimum Gasteiger partial charge on any atom is -0.359 e. The van der Waals surface area contributed by atoms with E-state index in [1.807, 2.05) is 20.8 Å². The molecule has 29 heavy (non-hydrogen) atoms. The van der Waals surface area contributed by atoms with Gasteiger partial charge in [-0.25, -0.2) is 8.42 Å². The fraction of sp³-hybridized carbons (Fsp3) is 0.200. The van der Waals surface area contributed by atoms with E-state index in [4.69, 9.17) is 4.52 Å². The zero-order valence-corrected chi connectivity index (χ0v) is 17.8. The molecule has 0 saturated carbocycles. The summed E-state index contributed by atoms with van der Waals surface area (Å²) in [5.41, 5.74) is 0.205. The lowest BCUT2D eigenvalue weighted by Gasteiger charge is -2.12. The lowest BCUT2D eigenvalue weighted by Crippen LogP contribution is -2.12. The van der Waals surface area contributed by atoms with E-state index >= 15 is 0 Å². The molecule has 1 aromatic heterocycles. The number of carbonyl (C=O) groups excluding carboxylic acids is 1. The molecular formula is C20H21N3O4S2. The third-order valence-electron chi connectivity index (χ3n) is 3.85. The first kappa shape index (κ1) is 20.9. The Morgan fingerprint density at radius 1 is 1.03 bits per heavy atom. The maximum absolute atomic E-state index is 12.3. The average Bonchev–Trinajstić information content (AvgIpc) is 3.13. The largest absolute Gasteiger partial charge is 0.359 e. The first-order valence-electron chi connectivity index (χ1n) is 8.77. The van der Waals surface area contributed by atoms with Gasteiger partial charge in [-0.1, -0.05) is 44.1 Å². The van der Waals surface area contributed by atoms with Crippen molar-refractivity contribution in [2.45, 2.75) is 36.0 Å². The molecule has 0 spiro atoms. The van der Waals surface area contributed by atoms with E-state index in [1.54, 1.807) is 48.5 Å². The molecular weight excluding hydrogens is 410 g/mol. The van der Waals surface area contributed by atoms with Gasteiger partial charge < -0.3 is 4.52 Å². The maximum Gasteiger partial charge on any atom is 0.289 e. The molecule has 2 N–H and O–H groups in total. The topological polar surface area (TPSA) is 101 Å². The molecule has 0 radical (unpaired) electrons.